The summed E-state index contributed by atoms with van der Waals surface area (Å²) in [4.78, 5) is 2.53. The minimum Gasteiger partial charge on any atom is -0.314 e. The van der Waals surface area contributed by atoms with Crippen molar-refractivity contribution < 1.29 is 0 Å². The number of para-hydroxylation sites is 1. The minimum atomic E-state index is -0.326. The highest BCUT2D eigenvalue weighted by Gasteiger charge is 2.41. The van der Waals surface area contributed by atoms with Gasteiger partial charge in [0.1, 0.15) is 0 Å². The zero-order chi connectivity index (χ0) is 39.8. The Balaban J connectivity index is 1.12. The lowest BCUT2D eigenvalue weighted by molar-refractivity contribution is 0.715. The van der Waals surface area contributed by atoms with Gasteiger partial charge in [0.2, 0.25) is 0 Å². The third-order valence-corrected chi connectivity index (χ3v) is 13.6. The van der Waals surface area contributed by atoms with Gasteiger partial charge in [-0.25, -0.2) is 0 Å². The van der Waals surface area contributed by atoms with Gasteiger partial charge >= 0.3 is 0 Å². The normalized spacial score (nSPS) is 16.9. The molecular formula is C58H44N2. The standard InChI is InChI=1S/C58H44N2/c1-58(52-28-16-15-27-49(52)57-46-24-12-11-19-40(46)29-33-53(57)58)41-30-34-55-50(37-41)51-38-44(31-35-56(51)60(55)43-22-9-4-10-23-43)59(42-20-7-3-8-21-42)54-36-32-45(39-17-5-2-6-18-39)47-25-13-14-26-48(47)54/h2-9,11-22,24-31,33-35,37-38H,10,23,32,36H2,1H3. The van der Waals surface area contributed by atoms with E-state index in [0.29, 0.717) is 0 Å². The molecule has 1 heterocycles. The van der Waals surface area contributed by atoms with Gasteiger partial charge in [0, 0.05) is 44.2 Å². The highest BCUT2D eigenvalue weighted by molar-refractivity contribution is 6.12. The number of benzene rings is 8. The molecule has 3 aliphatic carbocycles. The lowest BCUT2D eigenvalue weighted by Crippen LogP contribution is -2.37. The molecule has 0 amide bonds. The van der Waals surface area contributed by atoms with E-state index in [9.17, 15) is 0 Å². The van der Waals surface area contributed by atoms with E-state index in [1.807, 2.05) is 0 Å². The Morgan fingerprint density at radius 1 is 0.533 bits per heavy atom. The SMILES string of the molecule is CC1(c2ccc3c(c2)c2cc(N(C4=c5ccccc5=C(c5ccccc5)CC4)c4ccccc4)ccc2n3C2=CC=CCC2)c2ccccc2-c2c1ccc1ccccc21. The number of allylic oxidation sites excluding steroid dienone is 4. The highest BCUT2D eigenvalue weighted by atomic mass is 15.2. The molecule has 8 aromatic carbocycles. The predicted molar refractivity (Wildman–Crippen MR) is 253 cm³/mol. The minimum absolute atomic E-state index is 0.326. The number of anilines is 2. The maximum atomic E-state index is 2.53. The zero-order valence-electron chi connectivity index (χ0n) is 33.8. The summed E-state index contributed by atoms with van der Waals surface area (Å²) in [5, 5.41) is 7.79. The molecule has 0 aliphatic heterocycles. The Labute approximate surface area is 351 Å². The van der Waals surface area contributed by atoms with Crippen LogP contribution in [-0.4, -0.2) is 4.57 Å². The number of fused-ring (bicyclic) bond motifs is 9. The third kappa shape index (κ3) is 5.20. The Kier molecular flexibility index (Phi) is 7.96. The first-order valence-electron chi connectivity index (χ1n) is 21.5. The summed E-state index contributed by atoms with van der Waals surface area (Å²) in [6, 6.07) is 68.1. The molecule has 1 aromatic heterocycles. The molecule has 0 N–H and O–H groups in total. The number of aromatic nitrogens is 1. The summed E-state index contributed by atoms with van der Waals surface area (Å²) < 4.78 is 2.53. The smallest absolute Gasteiger partial charge is 0.0539 e. The van der Waals surface area contributed by atoms with Crippen LogP contribution in [0.3, 0.4) is 0 Å². The topological polar surface area (TPSA) is 8.17 Å². The van der Waals surface area contributed by atoms with Crippen molar-refractivity contribution in [3.8, 4) is 11.1 Å². The molecule has 0 radical (unpaired) electrons. The van der Waals surface area contributed by atoms with E-state index in [-0.39, 0.29) is 5.41 Å². The van der Waals surface area contributed by atoms with Crippen molar-refractivity contribution >= 4 is 60.9 Å². The fourth-order valence-corrected chi connectivity index (χ4v) is 10.8. The molecule has 2 heteroatoms. The lowest BCUT2D eigenvalue weighted by atomic mass is 9.74. The Morgan fingerprint density at radius 3 is 2.08 bits per heavy atom. The van der Waals surface area contributed by atoms with E-state index in [0.717, 1.165) is 25.7 Å². The summed E-state index contributed by atoms with van der Waals surface area (Å²) in [7, 11) is 0. The van der Waals surface area contributed by atoms with E-state index >= 15 is 0 Å². The van der Waals surface area contributed by atoms with E-state index in [1.165, 1.54) is 105 Å². The molecular weight excluding hydrogens is 725 g/mol. The van der Waals surface area contributed by atoms with Gasteiger partial charge in [-0.3, -0.25) is 0 Å². The van der Waals surface area contributed by atoms with Gasteiger partial charge in [0.05, 0.1) is 11.0 Å². The summed E-state index contributed by atoms with van der Waals surface area (Å²) in [5.41, 5.74) is 16.7. The van der Waals surface area contributed by atoms with Gasteiger partial charge in [-0.1, -0.05) is 152 Å². The second-order valence-corrected chi connectivity index (χ2v) is 16.8. The van der Waals surface area contributed by atoms with Crippen LogP contribution < -0.4 is 15.3 Å². The molecule has 1 unspecified atom stereocenters. The van der Waals surface area contributed by atoms with Crippen LogP contribution in [-0.2, 0) is 5.41 Å². The third-order valence-electron chi connectivity index (χ3n) is 13.6. The average molecular weight is 769 g/mol. The number of nitrogens with zero attached hydrogens (tertiary/aromatic N) is 2. The van der Waals surface area contributed by atoms with Gasteiger partial charge in [-0.15, -0.1) is 0 Å². The molecule has 1 atom stereocenters. The van der Waals surface area contributed by atoms with E-state index < -0.39 is 0 Å². The molecule has 0 saturated carbocycles. The van der Waals surface area contributed by atoms with E-state index in [4.69, 9.17) is 0 Å². The maximum Gasteiger partial charge on any atom is 0.0539 e. The fourth-order valence-electron chi connectivity index (χ4n) is 10.8. The largest absolute Gasteiger partial charge is 0.314 e. The van der Waals surface area contributed by atoms with E-state index in [2.05, 4.69) is 217 Å². The molecule has 2 nitrogen and oxygen atoms in total. The van der Waals surface area contributed by atoms with Gasteiger partial charge in [-0.2, -0.15) is 0 Å². The van der Waals surface area contributed by atoms with Gasteiger partial charge < -0.3 is 9.47 Å². The van der Waals surface area contributed by atoms with Crippen LogP contribution >= 0.6 is 0 Å². The predicted octanol–water partition coefficient (Wildman–Crippen LogP) is 13.4. The Bertz CT molecular complexity index is 3380. The van der Waals surface area contributed by atoms with Crippen molar-refractivity contribution in [3.05, 3.63) is 233 Å². The molecule has 286 valence electrons. The Hall–Kier alpha value is -7.16. The molecule has 12 rings (SSSR count). The summed E-state index contributed by atoms with van der Waals surface area (Å²) in [5.74, 6) is 0. The molecule has 0 saturated heterocycles. The van der Waals surface area contributed by atoms with E-state index in [1.54, 1.807) is 0 Å². The van der Waals surface area contributed by atoms with Crippen LogP contribution in [0.5, 0.6) is 0 Å². The van der Waals surface area contributed by atoms with Crippen molar-refractivity contribution in [2.45, 2.75) is 38.0 Å². The van der Waals surface area contributed by atoms with Crippen LogP contribution in [0, 0.1) is 0 Å². The average Bonchev–Trinajstić information content (AvgIpc) is 3.79. The lowest BCUT2D eigenvalue weighted by Gasteiger charge is -2.31. The summed E-state index contributed by atoms with van der Waals surface area (Å²) in [6.07, 6.45) is 10.8. The molecule has 0 fully saturated rings. The van der Waals surface area contributed by atoms with Gasteiger partial charge in [-0.05, 0) is 136 Å². The quantitative estimate of drug-likeness (QED) is 0.164. The second-order valence-electron chi connectivity index (χ2n) is 16.8. The molecule has 3 aliphatic rings. The maximum absolute atomic E-state index is 2.53. The van der Waals surface area contributed by atoms with Crippen LogP contribution in [0.2, 0.25) is 0 Å². The number of hydrogen-bond donors (Lipinski definition) is 0. The second kappa shape index (κ2) is 13.7. The molecule has 9 aromatic rings. The van der Waals surface area contributed by atoms with Crippen LogP contribution in [0.4, 0.5) is 11.4 Å². The monoisotopic (exact) mass is 768 g/mol. The van der Waals surface area contributed by atoms with Gasteiger partial charge in [0.15, 0.2) is 0 Å². The van der Waals surface area contributed by atoms with Crippen molar-refractivity contribution in [1.29, 1.82) is 0 Å². The molecule has 60 heavy (non-hydrogen) atoms. The van der Waals surface area contributed by atoms with Crippen LogP contribution in [0.25, 0.3) is 60.7 Å². The summed E-state index contributed by atoms with van der Waals surface area (Å²) in [6.45, 7) is 2.45. The van der Waals surface area contributed by atoms with Crippen molar-refractivity contribution in [2.24, 2.45) is 0 Å². The number of rotatable bonds is 6. The van der Waals surface area contributed by atoms with Crippen molar-refractivity contribution in [2.75, 3.05) is 4.90 Å². The van der Waals surface area contributed by atoms with Crippen molar-refractivity contribution in [1.82, 2.24) is 4.57 Å². The van der Waals surface area contributed by atoms with Crippen LogP contribution in [0.15, 0.2) is 200 Å². The van der Waals surface area contributed by atoms with Crippen molar-refractivity contribution in [3.63, 3.8) is 0 Å². The fraction of sp³-hybridized carbons (Fsp3) is 0.103. The van der Waals surface area contributed by atoms with Gasteiger partial charge in [0.25, 0.3) is 0 Å². The molecule has 0 spiro atoms. The summed E-state index contributed by atoms with van der Waals surface area (Å²) >= 11 is 0. The first-order chi connectivity index (χ1) is 29.7. The van der Waals surface area contributed by atoms with Crippen LogP contribution in [0.1, 0.15) is 54.9 Å². The Morgan fingerprint density at radius 2 is 1.25 bits per heavy atom. The first kappa shape index (κ1) is 34.8. The first-order valence-corrected chi connectivity index (χ1v) is 21.5. The highest BCUT2D eigenvalue weighted by Crippen LogP contribution is 2.55. The molecule has 0 bridgehead atoms. The number of hydrogen-bond acceptors (Lipinski definition) is 1. The zero-order valence-corrected chi connectivity index (χ0v) is 33.8.